The molecule has 0 saturated carbocycles. The summed E-state index contributed by atoms with van der Waals surface area (Å²) >= 11 is 11.9. The molecule has 0 radical (unpaired) electrons. The first kappa shape index (κ1) is 14.0. The Bertz CT molecular complexity index is 378. The van der Waals surface area contributed by atoms with Crippen LogP contribution in [0.5, 0.6) is 5.75 Å². The topological polar surface area (TPSA) is 13.7 Å². The molecule has 0 unspecified atom stereocenters. The summed E-state index contributed by atoms with van der Waals surface area (Å²) in [6.45, 7) is 4.68. The van der Waals surface area contributed by atoms with E-state index in [0.717, 1.165) is 6.42 Å². The second kappa shape index (κ2) is 7.22. The highest BCUT2D eigenvalue weighted by atomic mass is 35.5. The molecular weight excluding hydrogens is 269 g/mol. The number of hydrogen-bond donors (Lipinski definition) is 1. The Morgan fingerprint density at radius 1 is 1.11 bits per heavy atom. The summed E-state index contributed by atoms with van der Waals surface area (Å²) < 4.78 is 5.66. The lowest BCUT2D eigenvalue weighted by Crippen LogP contribution is -3.09. The number of quaternary nitrogens is 1. The molecule has 1 heterocycles. The first-order chi connectivity index (χ1) is 8.75. The zero-order valence-corrected chi connectivity index (χ0v) is 12.1. The smallest absolute Gasteiger partial charge is 0.139 e. The molecule has 1 saturated heterocycles. The molecule has 1 aromatic carbocycles. The van der Waals surface area contributed by atoms with E-state index < -0.39 is 0 Å². The molecule has 0 aliphatic carbocycles. The predicted molar refractivity (Wildman–Crippen MR) is 76.0 cm³/mol. The van der Waals surface area contributed by atoms with E-state index in [1.54, 1.807) is 23.1 Å². The molecule has 1 fully saturated rings. The van der Waals surface area contributed by atoms with Crippen LogP contribution in [0.3, 0.4) is 0 Å². The van der Waals surface area contributed by atoms with Gasteiger partial charge >= 0.3 is 0 Å². The summed E-state index contributed by atoms with van der Waals surface area (Å²) in [7, 11) is 0. The Balaban J connectivity index is 1.64. The fourth-order valence-electron chi connectivity index (χ4n) is 2.37. The molecule has 2 nitrogen and oxygen atoms in total. The Kier molecular flexibility index (Phi) is 5.61. The lowest BCUT2D eigenvalue weighted by molar-refractivity contribution is -0.887. The Morgan fingerprint density at radius 2 is 1.89 bits per heavy atom. The standard InChI is InChI=1S/C14H19Cl2NO/c15-12-5-6-13(16)14(11-12)18-10-4-3-9-17-7-1-2-8-17/h5-6,11H,1-4,7-10H2/p+1. The first-order valence-corrected chi connectivity index (χ1v) is 7.43. The minimum Gasteiger partial charge on any atom is -0.492 e. The zero-order chi connectivity index (χ0) is 12.8. The summed E-state index contributed by atoms with van der Waals surface area (Å²) in [6, 6.07) is 5.32. The molecule has 1 N–H and O–H groups in total. The molecule has 1 aromatic rings. The van der Waals surface area contributed by atoms with Crippen molar-refractivity contribution in [2.75, 3.05) is 26.2 Å². The normalized spacial score (nSPS) is 16.1. The van der Waals surface area contributed by atoms with Crippen LogP contribution in [0.1, 0.15) is 25.7 Å². The maximum Gasteiger partial charge on any atom is 0.139 e. The van der Waals surface area contributed by atoms with Crippen LogP contribution in [0.2, 0.25) is 10.0 Å². The summed E-state index contributed by atoms with van der Waals surface area (Å²) in [5.74, 6) is 0.692. The van der Waals surface area contributed by atoms with Gasteiger partial charge in [0.15, 0.2) is 0 Å². The van der Waals surface area contributed by atoms with Gasteiger partial charge in [-0.2, -0.15) is 0 Å². The van der Waals surface area contributed by atoms with Crippen molar-refractivity contribution in [2.24, 2.45) is 0 Å². The van der Waals surface area contributed by atoms with Crippen molar-refractivity contribution in [3.8, 4) is 5.75 Å². The van der Waals surface area contributed by atoms with E-state index in [4.69, 9.17) is 27.9 Å². The van der Waals surface area contributed by atoms with Crippen LogP contribution in [0.15, 0.2) is 18.2 Å². The average molecular weight is 289 g/mol. The molecule has 1 aliphatic heterocycles. The van der Waals surface area contributed by atoms with Crippen molar-refractivity contribution in [1.82, 2.24) is 0 Å². The van der Waals surface area contributed by atoms with E-state index in [1.165, 1.54) is 38.9 Å². The van der Waals surface area contributed by atoms with Gasteiger partial charge in [-0.25, -0.2) is 0 Å². The highest BCUT2D eigenvalue weighted by Gasteiger charge is 2.13. The monoisotopic (exact) mass is 288 g/mol. The third kappa shape index (κ3) is 4.34. The Hall–Kier alpha value is -0.440. The van der Waals surface area contributed by atoms with Gasteiger partial charge in [0.1, 0.15) is 5.75 Å². The van der Waals surface area contributed by atoms with Gasteiger partial charge in [-0.1, -0.05) is 23.2 Å². The largest absolute Gasteiger partial charge is 0.492 e. The molecule has 0 atom stereocenters. The lowest BCUT2D eigenvalue weighted by Gasteiger charge is -2.12. The van der Waals surface area contributed by atoms with Crippen molar-refractivity contribution in [3.05, 3.63) is 28.2 Å². The maximum atomic E-state index is 6.02. The molecule has 0 bridgehead atoms. The van der Waals surface area contributed by atoms with Gasteiger partial charge in [-0.15, -0.1) is 0 Å². The average Bonchev–Trinajstić information content (AvgIpc) is 2.86. The van der Waals surface area contributed by atoms with Crippen LogP contribution < -0.4 is 9.64 Å². The van der Waals surface area contributed by atoms with Gasteiger partial charge in [0.05, 0.1) is 31.3 Å². The molecular formula is C14H20Cl2NO+. The first-order valence-electron chi connectivity index (χ1n) is 6.67. The number of ether oxygens (including phenoxy) is 1. The van der Waals surface area contributed by atoms with E-state index in [1.807, 2.05) is 0 Å². The SMILES string of the molecule is Clc1ccc(Cl)c(OCCCC[NH+]2CCCC2)c1. The van der Waals surface area contributed by atoms with Gasteiger partial charge in [-0.05, 0) is 25.0 Å². The number of hydrogen-bond acceptors (Lipinski definition) is 1. The van der Waals surface area contributed by atoms with E-state index in [-0.39, 0.29) is 0 Å². The molecule has 4 heteroatoms. The minimum atomic E-state index is 0.629. The van der Waals surface area contributed by atoms with Crippen molar-refractivity contribution < 1.29 is 9.64 Å². The third-order valence-electron chi connectivity index (χ3n) is 3.39. The van der Waals surface area contributed by atoms with Crippen molar-refractivity contribution in [3.63, 3.8) is 0 Å². The summed E-state index contributed by atoms with van der Waals surface area (Å²) in [5.41, 5.74) is 0. The number of rotatable bonds is 6. The van der Waals surface area contributed by atoms with Gasteiger partial charge in [0.25, 0.3) is 0 Å². The van der Waals surface area contributed by atoms with Crippen LogP contribution in [0.25, 0.3) is 0 Å². The third-order valence-corrected chi connectivity index (χ3v) is 3.93. The second-order valence-electron chi connectivity index (χ2n) is 4.84. The van der Waals surface area contributed by atoms with E-state index in [0.29, 0.717) is 22.4 Å². The van der Waals surface area contributed by atoms with Gasteiger partial charge in [0.2, 0.25) is 0 Å². The van der Waals surface area contributed by atoms with Crippen molar-refractivity contribution in [2.45, 2.75) is 25.7 Å². The lowest BCUT2D eigenvalue weighted by atomic mass is 10.3. The maximum absolute atomic E-state index is 6.02. The van der Waals surface area contributed by atoms with Gasteiger partial charge in [0, 0.05) is 23.9 Å². The van der Waals surface area contributed by atoms with Crippen LogP contribution in [0.4, 0.5) is 0 Å². The molecule has 100 valence electrons. The van der Waals surface area contributed by atoms with Crippen LogP contribution in [0, 0.1) is 0 Å². The van der Waals surface area contributed by atoms with Gasteiger partial charge in [-0.3, -0.25) is 0 Å². The number of unbranched alkanes of at least 4 members (excludes halogenated alkanes) is 1. The van der Waals surface area contributed by atoms with E-state index >= 15 is 0 Å². The van der Waals surface area contributed by atoms with Crippen molar-refractivity contribution >= 4 is 23.2 Å². The highest BCUT2D eigenvalue weighted by Crippen LogP contribution is 2.27. The second-order valence-corrected chi connectivity index (χ2v) is 5.68. The molecule has 0 amide bonds. The van der Waals surface area contributed by atoms with Crippen molar-refractivity contribution in [1.29, 1.82) is 0 Å². The summed E-state index contributed by atoms with van der Waals surface area (Å²) in [4.78, 5) is 1.75. The molecule has 1 aliphatic rings. The van der Waals surface area contributed by atoms with Crippen LogP contribution in [-0.2, 0) is 0 Å². The number of nitrogens with one attached hydrogen (secondary N) is 1. The fraction of sp³-hybridized carbons (Fsp3) is 0.571. The number of halogens is 2. The molecule has 2 rings (SSSR count). The highest BCUT2D eigenvalue weighted by molar-refractivity contribution is 6.34. The predicted octanol–water partition coefficient (Wildman–Crippen LogP) is 2.83. The quantitative estimate of drug-likeness (QED) is 0.795. The minimum absolute atomic E-state index is 0.629. The van der Waals surface area contributed by atoms with Crippen LogP contribution in [-0.4, -0.2) is 26.2 Å². The number of likely N-dealkylation sites (tertiary alicyclic amines) is 1. The van der Waals surface area contributed by atoms with E-state index in [9.17, 15) is 0 Å². The molecule has 18 heavy (non-hydrogen) atoms. The molecule has 0 spiro atoms. The van der Waals surface area contributed by atoms with E-state index in [2.05, 4.69) is 0 Å². The Labute approximate surface area is 119 Å². The summed E-state index contributed by atoms with van der Waals surface area (Å²) in [6.07, 6.45) is 5.08. The zero-order valence-electron chi connectivity index (χ0n) is 10.6. The number of benzene rings is 1. The summed E-state index contributed by atoms with van der Waals surface area (Å²) in [5, 5.41) is 1.29. The molecule has 0 aromatic heterocycles. The van der Waals surface area contributed by atoms with Gasteiger partial charge < -0.3 is 9.64 Å². The fourth-order valence-corrected chi connectivity index (χ4v) is 2.71. The van der Waals surface area contributed by atoms with Crippen LogP contribution >= 0.6 is 23.2 Å². The Morgan fingerprint density at radius 3 is 2.67 bits per heavy atom.